The molecule has 0 N–H and O–H groups in total. The third-order valence-electron chi connectivity index (χ3n) is 2.57. The summed E-state index contributed by atoms with van der Waals surface area (Å²) >= 11 is 7.26. The van der Waals surface area contributed by atoms with Gasteiger partial charge in [-0.2, -0.15) is 0 Å². The number of alkyl halides is 2. The summed E-state index contributed by atoms with van der Waals surface area (Å²) in [6.07, 6.45) is 0. The fraction of sp³-hybridized carbons (Fsp3) is 0.143. The van der Waals surface area contributed by atoms with E-state index in [0.29, 0.717) is 5.92 Å². The zero-order valence-corrected chi connectivity index (χ0v) is 11.9. The van der Waals surface area contributed by atoms with Crippen molar-refractivity contribution < 1.29 is 0 Å². The van der Waals surface area contributed by atoms with Crippen LogP contribution in [0.25, 0.3) is 0 Å². The lowest BCUT2D eigenvalue weighted by Crippen LogP contribution is -2.07. The number of halogens is 2. The summed E-state index contributed by atoms with van der Waals surface area (Å²) in [6.45, 7) is 0. The normalized spacial score (nSPS) is 11.0. The molecule has 0 fully saturated rings. The summed E-state index contributed by atoms with van der Waals surface area (Å²) < 4.78 is 0.241. The molecule has 0 saturated carbocycles. The van der Waals surface area contributed by atoms with Crippen molar-refractivity contribution in [2.45, 2.75) is 9.65 Å². The minimum atomic E-state index is 0.241. The van der Waals surface area contributed by atoms with Crippen LogP contribution in [0.3, 0.4) is 0 Å². The van der Waals surface area contributed by atoms with Crippen LogP contribution in [0, 0.1) is 0 Å². The summed E-state index contributed by atoms with van der Waals surface area (Å²) in [5, 5.41) is 0. The lowest BCUT2D eigenvalue weighted by Gasteiger charge is -2.19. The van der Waals surface area contributed by atoms with Crippen LogP contribution in [-0.2, 0) is 0 Å². The highest BCUT2D eigenvalue weighted by Gasteiger charge is 2.19. The third kappa shape index (κ3) is 2.74. The molecule has 0 radical (unpaired) electrons. The average Bonchev–Trinajstić information content (AvgIpc) is 2.31. The first-order valence-corrected chi connectivity index (χ1v) is 7.00. The minimum Gasteiger partial charge on any atom is -0.0754 e. The van der Waals surface area contributed by atoms with Crippen LogP contribution < -0.4 is 0 Å². The van der Waals surface area contributed by atoms with Crippen molar-refractivity contribution in [3.8, 4) is 0 Å². The van der Waals surface area contributed by atoms with E-state index in [1.807, 2.05) is 12.1 Å². The molecule has 0 saturated heterocycles. The monoisotopic (exact) mass is 338 g/mol. The van der Waals surface area contributed by atoms with Crippen LogP contribution in [-0.4, -0.2) is 3.74 Å². The maximum absolute atomic E-state index is 3.63. The molecule has 0 aliphatic heterocycles. The molecule has 0 nitrogen and oxygen atoms in total. The number of benzene rings is 2. The zero-order valence-electron chi connectivity index (χ0n) is 8.68. The van der Waals surface area contributed by atoms with Crippen LogP contribution in [0.1, 0.15) is 17.0 Å². The molecule has 0 heterocycles. The second kappa shape index (κ2) is 5.65. The van der Waals surface area contributed by atoms with Gasteiger partial charge in [0.05, 0.1) is 3.74 Å². The van der Waals surface area contributed by atoms with Crippen molar-refractivity contribution in [2.24, 2.45) is 0 Å². The van der Waals surface area contributed by atoms with Gasteiger partial charge in [0.1, 0.15) is 0 Å². The van der Waals surface area contributed by atoms with E-state index in [0.717, 1.165) is 0 Å². The molecule has 0 bridgehead atoms. The molecule has 0 unspecified atom stereocenters. The van der Waals surface area contributed by atoms with Crippen LogP contribution in [0.4, 0.5) is 0 Å². The highest BCUT2D eigenvalue weighted by molar-refractivity contribution is 9.24. The molecule has 82 valence electrons. The van der Waals surface area contributed by atoms with Gasteiger partial charge in [-0.05, 0) is 11.1 Å². The summed E-state index contributed by atoms with van der Waals surface area (Å²) in [4.78, 5) is 0. The lowest BCUT2D eigenvalue weighted by atomic mass is 9.93. The molecule has 2 aromatic rings. The zero-order chi connectivity index (χ0) is 11.4. The van der Waals surface area contributed by atoms with E-state index in [9.17, 15) is 0 Å². The van der Waals surface area contributed by atoms with E-state index in [2.05, 4.69) is 80.4 Å². The second-order valence-electron chi connectivity index (χ2n) is 3.63. The number of hydrogen-bond donors (Lipinski definition) is 0. The van der Waals surface area contributed by atoms with Gasteiger partial charge in [-0.1, -0.05) is 92.5 Å². The van der Waals surface area contributed by atoms with Crippen molar-refractivity contribution in [2.75, 3.05) is 0 Å². The van der Waals surface area contributed by atoms with Gasteiger partial charge in [0.15, 0.2) is 0 Å². The summed E-state index contributed by atoms with van der Waals surface area (Å²) in [6, 6.07) is 21.0. The first-order chi connectivity index (χ1) is 7.79. The largest absolute Gasteiger partial charge is 0.0806 e. The van der Waals surface area contributed by atoms with E-state index < -0.39 is 0 Å². The number of rotatable bonds is 3. The van der Waals surface area contributed by atoms with Gasteiger partial charge in [-0.15, -0.1) is 0 Å². The molecule has 0 atom stereocenters. The van der Waals surface area contributed by atoms with Crippen LogP contribution >= 0.6 is 31.9 Å². The van der Waals surface area contributed by atoms with Crippen molar-refractivity contribution in [1.29, 1.82) is 0 Å². The molecular weight excluding hydrogens is 328 g/mol. The Morgan fingerprint density at radius 2 is 1.00 bits per heavy atom. The van der Waals surface area contributed by atoms with Crippen LogP contribution in [0.5, 0.6) is 0 Å². The van der Waals surface area contributed by atoms with E-state index in [1.54, 1.807) is 0 Å². The standard InChI is InChI=1S/C14H12Br2/c15-14(16)13(11-7-3-1-4-8-11)12-9-5-2-6-10-12/h1-10,13-14H. The smallest absolute Gasteiger partial charge is 0.0754 e. The van der Waals surface area contributed by atoms with E-state index in [4.69, 9.17) is 0 Å². The maximum atomic E-state index is 3.63. The summed E-state index contributed by atoms with van der Waals surface area (Å²) in [5.41, 5.74) is 2.62. The summed E-state index contributed by atoms with van der Waals surface area (Å²) in [7, 11) is 0. The highest BCUT2D eigenvalue weighted by atomic mass is 79.9. The molecule has 16 heavy (non-hydrogen) atoms. The SMILES string of the molecule is BrC(Br)C(c1ccccc1)c1ccccc1. The first kappa shape index (κ1) is 11.9. The Kier molecular flexibility index (Phi) is 4.19. The molecule has 2 aromatic carbocycles. The predicted octanol–water partition coefficient (Wildman–Crippen LogP) is 4.93. The Morgan fingerprint density at radius 3 is 1.31 bits per heavy atom. The third-order valence-corrected chi connectivity index (χ3v) is 3.63. The van der Waals surface area contributed by atoms with Crippen molar-refractivity contribution in [3.05, 3.63) is 71.8 Å². The van der Waals surface area contributed by atoms with Crippen molar-refractivity contribution in [1.82, 2.24) is 0 Å². The van der Waals surface area contributed by atoms with E-state index >= 15 is 0 Å². The van der Waals surface area contributed by atoms with Crippen LogP contribution in [0.15, 0.2) is 60.7 Å². The van der Waals surface area contributed by atoms with E-state index in [1.165, 1.54) is 11.1 Å². The van der Waals surface area contributed by atoms with Gasteiger partial charge < -0.3 is 0 Å². The summed E-state index contributed by atoms with van der Waals surface area (Å²) in [5.74, 6) is 0.336. The molecular formula is C14H12Br2. The molecule has 0 aromatic heterocycles. The molecule has 0 spiro atoms. The number of hydrogen-bond acceptors (Lipinski definition) is 0. The van der Waals surface area contributed by atoms with Crippen molar-refractivity contribution in [3.63, 3.8) is 0 Å². The molecule has 0 aliphatic rings. The van der Waals surface area contributed by atoms with E-state index in [-0.39, 0.29) is 3.74 Å². The maximum Gasteiger partial charge on any atom is 0.0806 e. The molecule has 2 heteroatoms. The van der Waals surface area contributed by atoms with Crippen LogP contribution in [0.2, 0.25) is 0 Å². The second-order valence-corrected chi connectivity index (χ2v) is 6.84. The molecule has 0 amide bonds. The Morgan fingerprint density at radius 1 is 0.625 bits per heavy atom. The Bertz CT molecular complexity index is 384. The fourth-order valence-electron chi connectivity index (χ4n) is 1.80. The molecule has 0 aliphatic carbocycles. The quantitative estimate of drug-likeness (QED) is 0.695. The fourth-order valence-corrected chi connectivity index (χ4v) is 3.03. The average molecular weight is 340 g/mol. The van der Waals surface area contributed by atoms with Gasteiger partial charge in [0.25, 0.3) is 0 Å². The Balaban J connectivity index is 2.40. The minimum absolute atomic E-state index is 0.241. The van der Waals surface area contributed by atoms with Gasteiger partial charge in [0, 0.05) is 5.92 Å². The Labute approximate surface area is 113 Å². The van der Waals surface area contributed by atoms with Crippen molar-refractivity contribution >= 4 is 31.9 Å². The van der Waals surface area contributed by atoms with Gasteiger partial charge >= 0.3 is 0 Å². The van der Waals surface area contributed by atoms with Gasteiger partial charge in [0.2, 0.25) is 0 Å². The molecule has 2 rings (SSSR count). The Hall–Kier alpha value is -0.600. The predicted molar refractivity (Wildman–Crippen MR) is 76.4 cm³/mol. The first-order valence-electron chi connectivity index (χ1n) is 5.17. The lowest BCUT2D eigenvalue weighted by molar-refractivity contribution is 0.918. The van der Waals surface area contributed by atoms with Gasteiger partial charge in [-0.25, -0.2) is 0 Å². The topological polar surface area (TPSA) is 0 Å². The van der Waals surface area contributed by atoms with Gasteiger partial charge in [-0.3, -0.25) is 0 Å². The highest BCUT2D eigenvalue weighted by Crippen LogP contribution is 2.35.